The molecule has 0 saturated carbocycles. The van der Waals surface area contributed by atoms with Crippen molar-refractivity contribution in [2.75, 3.05) is 0 Å². The van der Waals surface area contributed by atoms with Gasteiger partial charge in [0.2, 0.25) is 5.78 Å². The largest absolute Gasteiger partial charge is 0.452 e. The molecular weight excluding hydrogens is 306 g/mol. The third-order valence-electron chi connectivity index (χ3n) is 4.32. The summed E-state index contributed by atoms with van der Waals surface area (Å²) in [6, 6.07) is 7.07. The highest BCUT2D eigenvalue weighted by Gasteiger charge is 2.38. The minimum Gasteiger partial charge on any atom is -0.452 e. The number of aromatic nitrogens is 1. The van der Waals surface area contributed by atoms with Gasteiger partial charge < -0.3 is 9.47 Å². The number of ether oxygens (including phenoxy) is 2. The van der Waals surface area contributed by atoms with Crippen LogP contribution >= 0.6 is 0 Å². The molecule has 0 saturated heterocycles. The van der Waals surface area contributed by atoms with Gasteiger partial charge in [-0.15, -0.1) is 0 Å². The van der Waals surface area contributed by atoms with E-state index in [0.717, 1.165) is 16.7 Å². The Kier molecular flexibility index (Phi) is 3.23. The zero-order valence-corrected chi connectivity index (χ0v) is 13.3. The van der Waals surface area contributed by atoms with Crippen LogP contribution in [0.15, 0.2) is 48.0 Å². The second kappa shape index (κ2) is 5.30. The van der Waals surface area contributed by atoms with Crippen LogP contribution in [0.1, 0.15) is 47.7 Å². The molecule has 2 aliphatic rings. The topological polar surface area (TPSA) is 65.5 Å². The van der Waals surface area contributed by atoms with Crippen molar-refractivity contribution in [2.45, 2.75) is 26.2 Å². The second-order valence-electron chi connectivity index (χ2n) is 6.13. The molecule has 2 aromatic rings. The Morgan fingerprint density at radius 3 is 2.54 bits per heavy atom. The normalized spacial score (nSPS) is 18.6. The fourth-order valence-electron chi connectivity index (χ4n) is 3.20. The van der Waals surface area contributed by atoms with Crippen molar-refractivity contribution in [3.8, 4) is 11.5 Å². The molecule has 2 aliphatic heterocycles. The zero-order chi connectivity index (χ0) is 16.8. The maximum absolute atomic E-state index is 12.5. The molecule has 5 heteroatoms. The number of rotatable bonds is 1. The van der Waals surface area contributed by atoms with Crippen LogP contribution in [0, 0.1) is 0 Å². The van der Waals surface area contributed by atoms with Crippen molar-refractivity contribution >= 4 is 11.8 Å². The van der Waals surface area contributed by atoms with Gasteiger partial charge >= 0.3 is 5.97 Å². The fraction of sp³-hybridized carbons (Fsp3) is 0.211. The summed E-state index contributed by atoms with van der Waals surface area (Å²) in [6.07, 6.45) is 3.58. The highest BCUT2D eigenvalue weighted by Crippen LogP contribution is 2.48. The van der Waals surface area contributed by atoms with Gasteiger partial charge in [0, 0.05) is 23.9 Å². The van der Waals surface area contributed by atoms with Crippen molar-refractivity contribution in [3.05, 3.63) is 64.7 Å². The quantitative estimate of drug-likeness (QED) is 0.457. The van der Waals surface area contributed by atoms with Gasteiger partial charge in [0.1, 0.15) is 11.5 Å². The number of benzene rings is 1. The standard InChI is InChI=1S/C19H15NO4/c1-10(2)18-17(22)12-3-4-14-16(19(12)24-18)13(9-15(21)23-14)11-5-7-20-8-6-11/h3-8,13H,9H2,1-2H3/t13-/m1/s1. The smallest absolute Gasteiger partial charge is 0.312 e. The number of hydrogen-bond donors (Lipinski definition) is 0. The number of pyridine rings is 1. The Hall–Kier alpha value is -2.95. The zero-order valence-electron chi connectivity index (χ0n) is 13.3. The molecule has 0 amide bonds. The van der Waals surface area contributed by atoms with Gasteiger partial charge in [0.15, 0.2) is 5.76 Å². The second-order valence-corrected chi connectivity index (χ2v) is 6.13. The van der Waals surface area contributed by atoms with E-state index in [9.17, 15) is 9.59 Å². The lowest BCUT2D eigenvalue weighted by Crippen LogP contribution is -2.21. The van der Waals surface area contributed by atoms with E-state index in [2.05, 4.69) is 4.98 Å². The Balaban J connectivity index is 1.93. The third-order valence-corrected chi connectivity index (χ3v) is 4.32. The summed E-state index contributed by atoms with van der Waals surface area (Å²) in [6.45, 7) is 3.68. The summed E-state index contributed by atoms with van der Waals surface area (Å²) in [4.78, 5) is 28.5. The average Bonchev–Trinajstić information content (AvgIpc) is 2.92. The lowest BCUT2D eigenvalue weighted by molar-refractivity contribution is -0.135. The molecule has 0 bridgehead atoms. The summed E-state index contributed by atoms with van der Waals surface area (Å²) in [5.41, 5.74) is 3.03. The number of ketones is 1. The lowest BCUT2D eigenvalue weighted by Gasteiger charge is -2.26. The first-order valence-corrected chi connectivity index (χ1v) is 7.73. The summed E-state index contributed by atoms with van der Waals surface area (Å²) in [5, 5.41) is 0. The van der Waals surface area contributed by atoms with Crippen molar-refractivity contribution in [1.82, 2.24) is 4.98 Å². The van der Waals surface area contributed by atoms with Crippen LogP contribution in [0.5, 0.6) is 11.5 Å². The molecule has 0 N–H and O–H groups in total. The van der Waals surface area contributed by atoms with Crippen LogP contribution in [0.2, 0.25) is 0 Å². The fourth-order valence-corrected chi connectivity index (χ4v) is 3.20. The minimum absolute atomic E-state index is 0.127. The average molecular weight is 321 g/mol. The van der Waals surface area contributed by atoms with E-state index in [-0.39, 0.29) is 24.1 Å². The number of esters is 1. The highest BCUT2D eigenvalue weighted by atomic mass is 16.5. The highest BCUT2D eigenvalue weighted by molar-refractivity contribution is 6.13. The van der Waals surface area contributed by atoms with Crippen LogP contribution in [-0.4, -0.2) is 16.7 Å². The maximum atomic E-state index is 12.5. The van der Waals surface area contributed by atoms with E-state index in [0.29, 0.717) is 22.8 Å². The monoisotopic (exact) mass is 321 g/mol. The van der Waals surface area contributed by atoms with Crippen molar-refractivity contribution in [1.29, 1.82) is 0 Å². The first-order valence-electron chi connectivity index (χ1n) is 7.73. The number of carbonyl (C=O) groups excluding carboxylic acids is 2. The van der Waals surface area contributed by atoms with Gasteiger partial charge in [-0.3, -0.25) is 14.6 Å². The van der Waals surface area contributed by atoms with E-state index in [4.69, 9.17) is 9.47 Å². The summed E-state index contributed by atoms with van der Waals surface area (Å²) in [7, 11) is 0. The molecule has 24 heavy (non-hydrogen) atoms. The SMILES string of the molecule is CC(C)=C1Oc2c(ccc3c2[C@@H](c2ccncc2)CC(=O)O3)C1=O. The molecule has 0 radical (unpaired) electrons. The number of Topliss-reactive ketones (excluding diaryl/α,β-unsaturated/α-hetero) is 1. The number of allylic oxidation sites excluding steroid dienone is 2. The third kappa shape index (κ3) is 2.12. The van der Waals surface area contributed by atoms with Crippen molar-refractivity contribution in [2.24, 2.45) is 0 Å². The summed E-state index contributed by atoms with van der Waals surface area (Å²) in [5.74, 6) is 0.666. The number of nitrogens with zero attached hydrogens (tertiary/aromatic N) is 1. The Morgan fingerprint density at radius 1 is 1.08 bits per heavy atom. The van der Waals surface area contributed by atoms with Crippen LogP contribution < -0.4 is 9.47 Å². The van der Waals surface area contributed by atoms with E-state index < -0.39 is 0 Å². The molecule has 1 atom stereocenters. The van der Waals surface area contributed by atoms with Gasteiger partial charge in [-0.2, -0.15) is 0 Å². The van der Waals surface area contributed by atoms with Crippen molar-refractivity contribution in [3.63, 3.8) is 0 Å². The van der Waals surface area contributed by atoms with Gasteiger partial charge in [-0.05, 0) is 49.2 Å². The first kappa shape index (κ1) is 14.6. The van der Waals surface area contributed by atoms with Crippen LogP contribution in [-0.2, 0) is 4.79 Å². The number of hydrogen-bond acceptors (Lipinski definition) is 5. The minimum atomic E-state index is -0.295. The molecule has 1 aromatic heterocycles. The lowest BCUT2D eigenvalue weighted by atomic mass is 9.85. The maximum Gasteiger partial charge on any atom is 0.312 e. The molecule has 3 heterocycles. The summed E-state index contributed by atoms with van der Waals surface area (Å²) >= 11 is 0. The molecule has 120 valence electrons. The van der Waals surface area contributed by atoms with E-state index in [1.807, 2.05) is 26.0 Å². The molecule has 0 spiro atoms. The predicted octanol–water partition coefficient (Wildman–Crippen LogP) is 3.39. The Bertz CT molecular complexity index is 895. The van der Waals surface area contributed by atoms with E-state index in [1.54, 1.807) is 24.5 Å². The summed E-state index contributed by atoms with van der Waals surface area (Å²) < 4.78 is 11.3. The molecule has 4 rings (SSSR count). The van der Waals surface area contributed by atoms with E-state index in [1.165, 1.54) is 0 Å². The van der Waals surface area contributed by atoms with Gasteiger partial charge in [0.25, 0.3) is 0 Å². The number of carbonyl (C=O) groups is 2. The predicted molar refractivity (Wildman–Crippen MR) is 86.1 cm³/mol. The van der Waals surface area contributed by atoms with Crippen LogP contribution in [0.4, 0.5) is 0 Å². The first-order chi connectivity index (χ1) is 11.6. The van der Waals surface area contributed by atoms with Crippen molar-refractivity contribution < 1.29 is 19.1 Å². The van der Waals surface area contributed by atoms with Gasteiger partial charge in [0.05, 0.1) is 12.0 Å². The van der Waals surface area contributed by atoms with Crippen LogP contribution in [0.25, 0.3) is 0 Å². The molecule has 0 unspecified atom stereocenters. The Labute approximate surface area is 138 Å². The molecule has 5 nitrogen and oxygen atoms in total. The van der Waals surface area contributed by atoms with E-state index >= 15 is 0 Å². The number of fused-ring (bicyclic) bond motifs is 3. The molecule has 0 aliphatic carbocycles. The Morgan fingerprint density at radius 2 is 1.83 bits per heavy atom. The van der Waals surface area contributed by atoms with Crippen LogP contribution in [0.3, 0.4) is 0 Å². The van der Waals surface area contributed by atoms with Gasteiger partial charge in [-0.1, -0.05) is 0 Å². The molecule has 0 fully saturated rings. The molecular formula is C19H15NO4. The van der Waals surface area contributed by atoms with Gasteiger partial charge in [-0.25, -0.2) is 0 Å². The molecule has 1 aromatic carbocycles.